The van der Waals surface area contributed by atoms with E-state index in [2.05, 4.69) is 61.1 Å². The third-order valence-corrected chi connectivity index (χ3v) is 8.86. The highest BCUT2D eigenvalue weighted by Crippen LogP contribution is 2.46. The van der Waals surface area contributed by atoms with Crippen molar-refractivity contribution >= 4 is 16.5 Å². The van der Waals surface area contributed by atoms with E-state index in [0.717, 1.165) is 50.0 Å². The number of piperazine rings is 1. The number of hydrogen-bond acceptors (Lipinski definition) is 7. The highest BCUT2D eigenvalue weighted by Gasteiger charge is 2.37. The number of aliphatic hydroxyl groups excluding tert-OH is 2. The van der Waals surface area contributed by atoms with Crippen LogP contribution in [0.4, 0.5) is 5.13 Å². The van der Waals surface area contributed by atoms with Crippen molar-refractivity contribution in [3.05, 3.63) is 34.7 Å². The lowest BCUT2D eigenvalue weighted by atomic mass is 9.63. The van der Waals surface area contributed by atoms with Crippen molar-refractivity contribution in [2.45, 2.75) is 76.4 Å². The van der Waals surface area contributed by atoms with Gasteiger partial charge in [-0.2, -0.15) is 0 Å². The topological polar surface area (TPSA) is 85.9 Å². The highest BCUT2D eigenvalue weighted by molar-refractivity contribution is 7.14. The Morgan fingerprint density at radius 1 is 1.06 bits per heavy atom. The Labute approximate surface area is 208 Å². The second kappa shape index (κ2) is 10.2. The fourth-order valence-corrected chi connectivity index (χ4v) is 6.20. The number of anilines is 1. The fraction of sp³-hybridized carbons (Fsp3) is 0.667. The first-order chi connectivity index (χ1) is 16.1. The van der Waals surface area contributed by atoms with Gasteiger partial charge in [-0.05, 0) is 60.3 Å². The predicted molar refractivity (Wildman–Crippen MR) is 142 cm³/mol. The van der Waals surface area contributed by atoms with Gasteiger partial charge in [0, 0.05) is 37.1 Å². The van der Waals surface area contributed by atoms with Gasteiger partial charge in [-0.25, -0.2) is 4.98 Å². The first-order valence-electron chi connectivity index (χ1n) is 12.7. The van der Waals surface area contributed by atoms with E-state index in [1.165, 1.54) is 29.5 Å². The zero-order chi connectivity index (χ0) is 24.5. The van der Waals surface area contributed by atoms with Crippen LogP contribution in [0.15, 0.2) is 23.6 Å². The third-order valence-electron chi connectivity index (χ3n) is 7.96. The van der Waals surface area contributed by atoms with Gasteiger partial charge < -0.3 is 20.8 Å². The second-order valence-electron chi connectivity index (χ2n) is 11.4. The summed E-state index contributed by atoms with van der Waals surface area (Å²) < 4.78 is 0. The van der Waals surface area contributed by atoms with Crippen LogP contribution < -0.4 is 10.6 Å². The normalized spacial score (nSPS) is 21.8. The minimum absolute atomic E-state index is 0.170. The zero-order valence-electron chi connectivity index (χ0n) is 21.3. The molecule has 7 heteroatoms. The molecule has 1 aliphatic heterocycles. The molecule has 0 bridgehead atoms. The standard InChI is InChI=1S/C27H42N4O2S/c1-26(2)9-10-27(3,4)21-16-19(7-8-20(21)26)23-18-34-25(29-23)31-14-12-30(13-15-31)11-5-6-24(33)22(28)17-32/h7-8,16,18,22,24,32-33H,5-6,9-15,17,28H2,1-4H3. The molecule has 1 aromatic heterocycles. The van der Waals surface area contributed by atoms with Crippen LogP contribution in [0.5, 0.6) is 0 Å². The van der Waals surface area contributed by atoms with Gasteiger partial charge in [0.2, 0.25) is 0 Å². The number of aliphatic hydroxyl groups is 2. The molecular weight excluding hydrogens is 444 g/mol. The van der Waals surface area contributed by atoms with E-state index in [1.54, 1.807) is 11.3 Å². The first kappa shape index (κ1) is 25.6. The van der Waals surface area contributed by atoms with Gasteiger partial charge in [-0.1, -0.05) is 39.8 Å². The van der Waals surface area contributed by atoms with E-state index >= 15 is 0 Å². The SMILES string of the molecule is CC1(C)CCC(C)(C)c2cc(-c3csc(N4CCN(CCCC(O)C(N)CO)CC4)n3)ccc21. The lowest BCUT2D eigenvalue weighted by molar-refractivity contribution is 0.0956. The summed E-state index contributed by atoms with van der Waals surface area (Å²) in [7, 11) is 0. The quantitative estimate of drug-likeness (QED) is 0.527. The monoisotopic (exact) mass is 486 g/mol. The van der Waals surface area contributed by atoms with Crippen molar-refractivity contribution in [2.75, 3.05) is 44.2 Å². The molecule has 2 atom stereocenters. The molecule has 1 fully saturated rings. The van der Waals surface area contributed by atoms with Gasteiger partial charge in [0.25, 0.3) is 0 Å². The Hall–Kier alpha value is -1.51. The van der Waals surface area contributed by atoms with Crippen molar-refractivity contribution in [1.82, 2.24) is 9.88 Å². The van der Waals surface area contributed by atoms with Crippen molar-refractivity contribution in [1.29, 1.82) is 0 Å². The van der Waals surface area contributed by atoms with Crippen LogP contribution >= 0.6 is 11.3 Å². The molecule has 34 heavy (non-hydrogen) atoms. The Balaban J connectivity index is 1.36. The summed E-state index contributed by atoms with van der Waals surface area (Å²) in [5.41, 5.74) is 11.4. The van der Waals surface area contributed by atoms with Crippen LogP contribution in [-0.4, -0.2) is 71.6 Å². The highest BCUT2D eigenvalue weighted by atomic mass is 32.1. The molecule has 4 N–H and O–H groups in total. The molecule has 1 saturated heterocycles. The number of benzene rings is 1. The van der Waals surface area contributed by atoms with Crippen LogP contribution in [-0.2, 0) is 10.8 Å². The van der Waals surface area contributed by atoms with E-state index in [9.17, 15) is 5.11 Å². The van der Waals surface area contributed by atoms with Crippen molar-refractivity contribution < 1.29 is 10.2 Å². The van der Waals surface area contributed by atoms with Crippen molar-refractivity contribution in [2.24, 2.45) is 5.73 Å². The maximum Gasteiger partial charge on any atom is 0.185 e. The van der Waals surface area contributed by atoms with E-state index in [0.29, 0.717) is 6.42 Å². The van der Waals surface area contributed by atoms with Gasteiger partial charge in [0.05, 0.1) is 24.4 Å². The maximum atomic E-state index is 9.94. The summed E-state index contributed by atoms with van der Waals surface area (Å²) in [5.74, 6) is 0. The third kappa shape index (κ3) is 5.49. The summed E-state index contributed by atoms with van der Waals surface area (Å²) in [6.45, 7) is 14.2. The van der Waals surface area contributed by atoms with Crippen molar-refractivity contribution in [3.8, 4) is 11.3 Å². The fourth-order valence-electron chi connectivity index (χ4n) is 5.31. The Bertz CT molecular complexity index is 965. The molecule has 6 nitrogen and oxygen atoms in total. The van der Waals surface area contributed by atoms with Gasteiger partial charge >= 0.3 is 0 Å². The van der Waals surface area contributed by atoms with Gasteiger partial charge in [-0.15, -0.1) is 11.3 Å². The average Bonchev–Trinajstić information content (AvgIpc) is 3.32. The summed E-state index contributed by atoms with van der Waals surface area (Å²) in [4.78, 5) is 9.87. The number of nitrogens with zero attached hydrogens (tertiary/aromatic N) is 3. The number of aromatic nitrogens is 1. The molecule has 0 amide bonds. The number of hydrogen-bond donors (Lipinski definition) is 3. The van der Waals surface area contributed by atoms with Crippen molar-refractivity contribution in [3.63, 3.8) is 0 Å². The molecule has 1 aromatic carbocycles. The molecule has 0 spiro atoms. The Kier molecular flexibility index (Phi) is 7.70. The van der Waals surface area contributed by atoms with Crippen LogP contribution in [0.25, 0.3) is 11.3 Å². The zero-order valence-corrected chi connectivity index (χ0v) is 22.1. The van der Waals surface area contributed by atoms with Crippen LogP contribution in [0, 0.1) is 0 Å². The van der Waals surface area contributed by atoms with Crippen LogP contribution in [0.3, 0.4) is 0 Å². The molecular formula is C27H42N4O2S. The molecule has 2 heterocycles. The summed E-state index contributed by atoms with van der Waals surface area (Å²) in [6.07, 6.45) is 3.35. The lowest BCUT2D eigenvalue weighted by Gasteiger charge is -2.42. The summed E-state index contributed by atoms with van der Waals surface area (Å²) in [5, 5.41) is 22.3. The molecule has 4 rings (SSSR count). The van der Waals surface area contributed by atoms with Gasteiger partial charge in [-0.3, -0.25) is 4.90 Å². The van der Waals surface area contributed by atoms with E-state index < -0.39 is 12.1 Å². The number of nitrogens with two attached hydrogens (primary N) is 1. The number of fused-ring (bicyclic) bond motifs is 1. The van der Waals surface area contributed by atoms with Crippen LogP contribution in [0.1, 0.15) is 64.5 Å². The largest absolute Gasteiger partial charge is 0.395 e. The molecule has 2 aromatic rings. The van der Waals surface area contributed by atoms with E-state index in [1.807, 2.05) is 0 Å². The number of rotatable bonds is 8. The molecule has 0 radical (unpaired) electrons. The molecule has 0 saturated carbocycles. The van der Waals surface area contributed by atoms with Crippen LogP contribution in [0.2, 0.25) is 0 Å². The summed E-state index contributed by atoms with van der Waals surface area (Å²) in [6, 6.07) is 6.46. The minimum Gasteiger partial charge on any atom is -0.395 e. The maximum absolute atomic E-state index is 9.94. The molecule has 2 aliphatic rings. The van der Waals surface area contributed by atoms with Gasteiger partial charge in [0.1, 0.15) is 0 Å². The second-order valence-corrected chi connectivity index (χ2v) is 12.3. The van der Waals surface area contributed by atoms with Gasteiger partial charge in [0.15, 0.2) is 5.13 Å². The average molecular weight is 487 g/mol. The van der Waals surface area contributed by atoms with E-state index in [4.69, 9.17) is 15.8 Å². The number of thiazole rings is 1. The van der Waals surface area contributed by atoms with E-state index in [-0.39, 0.29) is 17.4 Å². The minimum atomic E-state index is -0.625. The molecule has 1 aliphatic carbocycles. The molecule has 188 valence electrons. The Morgan fingerprint density at radius 3 is 2.41 bits per heavy atom. The predicted octanol–water partition coefficient (Wildman–Crippen LogP) is 3.74. The Morgan fingerprint density at radius 2 is 1.74 bits per heavy atom. The first-order valence-corrected chi connectivity index (χ1v) is 13.6. The summed E-state index contributed by atoms with van der Waals surface area (Å²) >= 11 is 1.74. The smallest absolute Gasteiger partial charge is 0.185 e. The molecule has 2 unspecified atom stereocenters. The lowest BCUT2D eigenvalue weighted by Crippen LogP contribution is -2.47.